The fraction of sp³-hybridized carbons (Fsp3) is 0.200. The number of rotatable bonds is 6. The molecule has 1 heterocycles. The number of nitrogens with one attached hydrogen (secondary N) is 1. The predicted octanol–water partition coefficient (Wildman–Crippen LogP) is 4.89. The number of carbonyl (C=O) groups excluding carboxylic acids is 1. The number of halogens is 2. The first kappa shape index (κ1) is 19.9. The molecule has 1 N–H and O–H groups in total. The van der Waals surface area contributed by atoms with Crippen molar-refractivity contribution < 1.29 is 23.0 Å². The number of alkyl halides is 2. The summed E-state index contributed by atoms with van der Waals surface area (Å²) in [5.74, 6) is -0.137. The molecule has 0 unspecified atom stereocenters. The van der Waals surface area contributed by atoms with Crippen LogP contribution in [-0.4, -0.2) is 24.3 Å². The van der Waals surface area contributed by atoms with Crippen molar-refractivity contribution in [1.82, 2.24) is 5.32 Å². The van der Waals surface area contributed by atoms with Crippen LogP contribution < -0.4 is 14.8 Å². The lowest BCUT2D eigenvalue weighted by Gasteiger charge is -2.11. The second-order valence-electron chi connectivity index (χ2n) is 5.79. The molecule has 1 fully saturated rings. The number of para-hydroxylation sites is 1. The van der Waals surface area contributed by atoms with Gasteiger partial charge in [0.05, 0.1) is 17.2 Å². The standard InChI is InChI=1S/C20H18F2N2O3S/c1-3-26-16-10-13(8-9-15(16)27-19(21)22)11-17-18(25)24-20(28-17)23-14-7-5-4-6-12(14)2/h4-11,19H,3H2,1-2H3,(H,23,24,25)/b17-11+. The van der Waals surface area contributed by atoms with Crippen molar-refractivity contribution >= 4 is 34.6 Å². The Hall–Kier alpha value is -2.87. The number of thioether (sulfide) groups is 1. The number of nitrogens with zero attached hydrogens (tertiary/aromatic N) is 1. The Morgan fingerprint density at radius 1 is 1.21 bits per heavy atom. The van der Waals surface area contributed by atoms with Crippen molar-refractivity contribution in [3.05, 3.63) is 58.5 Å². The van der Waals surface area contributed by atoms with Crippen LogP contribution in [0.25, 0.3) is 6.08 Å². The zero-order valence-electron chi connectivity index (χ0n) is 15.2. The molecule has 0 aliphatic carbocycles. The topological polar surface area (TPSA) is 59.9 Å². The van der Waals surface area contributed by atoms with Crippen molar-refractivity contribution in [3.8, 4) is 11.5 Å². The number of ether oxygens (including phenoxy) is 2. The largest absolute Gasteiger partial charge is 0.490 e. The van der Waals surface area contributed by atoms with E-state index in [2.05, 4.69) is 15.0 Å². The lowest BCUT2D eigenvalue weighted by molar-refractivity contribution is -0.115. The Morgan fingerprint density at radius 2 is 2.00 bits per heavy atom. The van der Waals surface area contributed by atoms with Gasteiger partial charge in [-0.2, -0.15) is 8.78 Å². The van der Waals surface area contributed by atoms with Crippen LogP contribution in [0.3, 0.4) is 0 Å². The molecule has 0 atom stereocenters. The van der Waals surface area contributed by atoms with Crippen molar-refractivity contribution in [3.63, 3.8) is 0 Å². The Balaban J connectivity index is 1.84. The average molecular weight is 404 g/mol. The Morgan fingerprint density at radius 3 is 2.71 bits per heavy atom. The summed E-state index contributed by atoms with van der Waals surface area (Å²) in [5.41, 5.74) is 2.40. The molecule has 8 heteroatoms. The van der Waals surface area contributed by atoms with E-state index in [1.165, 1.54) is 17.8 Å². The first-order valence-electron chi connectivity index (χ1n) is 8.53. The second kappa shape index (κ2) is 8.88. The zero-order chi connectivity index (χ0) is 20.1. The van der Waals surface area contributed by atoms with Gasteiger partial charge in [0.1, 0.15) is 0 Å². The molecule has 1 amide bonds. The van der Waals surface area contributed by atoms with Gasteiger partial charge >= 0.3 is 6.61 Å². The van der Waals surface area contributed by atoms with E-state index < -0.39 is 6.61 Å². The second-order valence-corrected chi connectivity index (χ2v) is 6.82. The maximum Gasteiger partial charge on any atom is 0.387 e. The molecular formula is C20H18F2N2O3S. The number of amidine groups is 1. The SMILES string of the molecule is CCOc1cc(/C=C2/SC(=Nc3ccccc3C)NC2=O)ccc1OC(F)F. The molecule has 146 valence electrons. The highest BCUT2D eigenvalue weighted by Crippen LogP contribution is 2.33. The maximum absolute atomic E-state index is 12.5. The van der Waals surface area contributed by atoms with Crippen LogP contribution in [0.2, 0.25) is 0 Å². The minimum absolute atomic E-state index is 0.0515. The molecule has 2 aromatic carbocycles. The zero-order valence-corrected chi connectivity index (χ0v) is 16.1. The molecule has 0 aromatic heterocycles. The number of benzene rings is 2. The van der Waals surface area contributed by atoms with Gasteiger partial charge < -0.3 is 14.8 Å². The molecule has 1 aliphatic heterocycles. The Labute approximate surface area is 165 Å². The average Bonchev–Trinajstić information content (AvgIpc) is 2.98. The lowest BCUT2D eigenvalue weighted by Crippen LogP contribution is -2.19. The fourth-order valence-electron chi connectivity index (χ4n) is 2.51. The van der Waals surface area contributed by atoms with Gasteiger partial charge in [-0.05, 0) is 61.0 Å². The van der Waals surface area contributed by atoms with Crippen LogP contribution in [0.15, 0.2) is 52.4 Å². The number of hydrogen-bond acceptors (Lipinski definition) is 5. The van der Waals surface area contributed by atoms with Gasteiger partial charge in [0, 0.05) is 0 Å². The van der Waals surface area contributed by atoms with Crippen LogP contribution in [0.4, 0.5) is 14.5 Å². The molecule has 0 radical (unpaired) electrons. The highest BCUT2D eigenvalue weighted by Gasteiger charge is 2.24. The van der Waals surface area contributed by atoms with Crippen molar-refractivity contribution in [2.45, 2.75) is 20.5 Å². The third kappa shape index (κ3) is 4.89. The van der Waals surface area contributed by atoms with E-state index in [1.54, 1.807) is 25.1 Å². The summed E-state index contributed by atoms with van der Waals surface area (Å²) in [7, 11) is 0. The molecule has 2 aromatic rings. The van der Waals surface area contributed by atoms with Gasteiger partial charge in [-0.15, -0.1) is 0 Å². The molecule has 5 nitrogen and oxygen atoms in total. The molecule has 1 saturated heterocycles. The van der Waals surface area contributed by atoms with Gasteiger partial charge in [0.15, 0.2) is 16.7 Å². The van der Waals surface area contributed by atoms with Crippen LogP contribution in [0.5, 0.6) is 11.5 Å². The van der Waals surface area contributed by atoms with Crippen molar-refractivity contribution in [2.24, 2.45) is 4.99 Å². The smallest absolute Gasteiger partial charge is 0.387 e. The van der Waals surface area contributed by atoms with E-state index >= 15 is 0 Å². The lowest BCUT2D eigenvalue weighted by atomic mass is 10.2. The molecular weight excluding hydrogens is 386 g/mol. The molecule has 1 aliphatic rings. The number of hydrogen-bond donors (Lipinski definition) is 1. The summed E-state index contributed by atoms with van der Waals surface area (Å²) in [4.78, 5) is 17.2. The van der Waals surface area contributed by atoms with E-state index in [0.717, 1.165) is 11.3 Å². The fourth-order valence-corrected chi connectivity index (χ4v) is 3.34. The molecule has 0 saturated carbocycles. The van der Waals surface area contributed by atoms with Gasteiger partial charge in [-0.1, -0.05) is 24.3 Å². The first-order chi connectivity index (χ1) is 13.5. The quantitative estimate of drug-likeness (QED) is 0.697. The number of carbonyl (C=O) groups is 1. The Kier molecular flexibility index (Phi) is 6.30. The van der Waals surface area contributed by atoms with Crippen LogP contribution in [0, 0.1) is 6.92 Å². The molecule has 3 rings (SSSR count). The van der Waals surface area contributed by atoms with Gasteiger partial charge in [0.25, 0.3) is 5.91 Å². The maximum atomic E-state index is 12.5. The molecule has 0 bridgehead atoms. The van der Waals surface area contributed by atoms with Crippen LogP contribution in [-0.2, 0) is 4.79 Å². The summed E-state index contributed by atoms with van der Waals surface area (Å²) in [6.07, 6.45) is 1.65. The van der Waals surface area contributed by atoms with E-state index in [-0.39, 0.29) is 17.4 Å². The highest BCUT2D eigenvalue weighted by atomic mass is 32.2. The van der Waals surface area contributed by atoms with Gasteiger partial charge in [-0.3, -0.25) is 4.79 Å². The van der Waals surface area contributed by atoms with Crippen LogP contribution >= 0.6 is 11.8 Å². The van der Waals surface area contributed by atoms with Crippen molar-refractivity contribution in [2.75, 3.05) is 6.61 Å². The normalized spacial score (nSPS) is 16.7. The monoisotopic (exact) mass is 404 g/mol. The summed E-state index contributed by atoms with van der Waals surface area (Å²) >= 11 is 1.21. The number of amides is 1. The summed E-state index contributed by atoms with van der Waals surface area (Å²) < 4.78 is 34.8. The summed E-state index contributed by atoms with van der Waals surface area (Å²) in [6.45, 7) is 1.03. The first-order valence-corrected chi connectivity index (χ1v) is 9.34. The van der Waals surface area contributed by atoms with E-state index in [4.69, 9.17) is 4.74 Å². The third-order valence-corrected chi connectivity index (χ3v) is 4.68. The van der Waals surface area contributed by atoms with Crippen molar-refractivity contribution in [1.29, 1.82) is 0 Å². The van der Waals surface area contributed by atoms with Crippen LogP contribution in [0.1, 0.15) is 18.1 Å². The number of aryl methyl sites for hydroxylation is 1. The van der Waals surface area contributed by atoms with Gasteiger partial charge in [-0.25, -0.2) is 4.99 Å². The minimum Gasteiger partial charge on any atom is -0.490 e. The van der Waals surface area contributed by atoms with E-state index in [1.807, 2.05) is 31.2 Å². The minimum atomic E-state index is -2.94. The Bertz CT molecular complexity index is 945. The van der Waals surface area contributed by atoms with E-state index in [0.29, 0.717) is 22.2 Å². The predicted molar refractivity (Wildman–Crippen MR) is 106 cm³/mol. The van der Waals surface area contributed by atoms with Gasteiger partial charge in [0.2, 0.25) is 0 Å². The third-order valence-electron chi connectivity index (χ3n) is 3.77. The van der Waals surface area contributed by atoms with E-state index in [9.17, 15) is 13.6 Å². The summed E-state index contributed by atoms with van der Waals surface area (Å²) in [6, 6.07) is 12.1. The highest BCUT2D eigenvalue weighted by molar-refractivity contribution is 8.18. The molecule has 28 heavy (non-hydrogen) atoms. The number of aliphatic imine (C=N–C) groups is 1. The summed E-state index contributed by atoms with van der Waals surface area (Å²) in [5, 5.41) is 3.21. The molecule has 0 spiro atoms.